The fraction of sp³-hybridized carbons (Fsp3) is 0.391. The summed E-state index contributed by atoms with van der Waals surface area (Å²) >= 11 is 6.17. The Kier molecular flexibility index (Phi) is 7.62. The standard InChI is InChI=1S/C23H26ClFN2O5/c1-22(2,3)31-20(29)27(21(30)32-23(4,5)6)18-12-11-16(24)19(26-18)17(28)13-14-7-9-15(25)10-8-14/h7-12H,13H2,1-6H3. The van der Waals surface area contributed by atoms with Crippen LogP contribution in [0.3, 0.4) is 0 Å². The summed E-state index contributed by atoms with van der Waals surface area (Å²) in [4.78, 5) is 43.1. The number of pyridine rings is 1. The summed E-state index contributed by atoms with van der Waals surface area (Å²) in [7, 11) is 0. The van der Waals surface area contributed by atoms with Gasteiger partial charge in [-0.2, -0.15) is 4.90 Å². The second kappa shape index (κ2) is 9.65. The molecular weight excluding hydrogens is 439 g/mol. The number of halogens is 2. The Morgan fingerprint density at radius 1 is 0.906 bits per heavy atom. The fourth-order valence-corrected chi connectivity index (χ4v) is 2.71. The number of rotatable bonds is 4. The minimum Gasteiger partial charge on any atom is -0.443 e. The van der Waals surface area contributed by atoms with E-state index in [-0.39, 0.29) is 23.0 Å². The van der Waals surface area contributed by atoms with Gasteiger partial charge in [-0.15, -0.1) is 0 Å². The van der Waals surface area contributed by atoms with Crippen molar-refractivity contribution < 1.29 is 28.2 Å². The first kappa shape index (κ1) is 25.3. The van der Waals surface area contributed by atoms with Crippen molar-refractivity contribution >= 4 is 35.4 Å². The van der Waals surface area contributed by atoms with Gasteiger partial charge in [0, 0.05) is 6.42 Å². The van der Waals surface area contributed by atoms with Crippen LogP contribution in [0.4, 0.5) is 19.8 Å². The van der Waals surface area contributed by atoms with Crippen LogP contribution in [0.2, 0.25) is 5.02 Å². The summed E-state index contributed by atoms with van der Waals surface area (Å²) in [5.74, 6) is -1.08. The normalized spacial score (nSPS) is 11.6. The lowest BCUT2D eigenvalue weighted by Crippen LogP contribution is -2.44. The zero-order valence-corrected chi connectivity index (χ0v) is 19.6. The first-order chi connectivity index (χ1) is 14.7. The summed E-state index contributed by atoms with van der Waals surface area (Å²) in [6.45, 7) is 9.86. The number of imide groups is 1. The van der Waals surface area contributed by atoms with E-state index in [0.29, 0.717) is 10.5 Å². The molecule has 32 heavy (non-hydrogen) atoms. The molecule has 0 radical (unpaired) electrons. The van der Waals surface area contributed by atoms with E-state index in [4.69, 9.17) is 21.1 Å². The molecule has 2 amide bonds. The quantitative estimate of drug-likeness (QED) is 0.517. The van der Waals surface area contributed by atoms with E-state index in [2.05, 4.69) is 4.98 Å². The topological polar surface area (TPSA) is 85.8 Å². The Labute approximate surface area is 191 Å². The zero-order chi connectivity index (χ0) is 24.3. The number of amides is 2. The number of anilines is 1. The Morgan fingerprint density at radius 2 is 1.41 bits per heavy atom. The third-order valence-corrected chi connectivity index (χ3v) is 4.06. The highest BCUT2D eigenvalue weighted by molar-refractivity contribution is 6.33. The number of ether oxygens (including phenoxy) is 2. The van der Waals surface area contributed by atoms with E-state index < -0.39 is 35.0 Å². The highest BCUT2D eigenvalue weighted by Gasteiger charge is 2.34. The summed E-state index contributed by atoms with van der Waals surface area (Å²) in [5, 5.41) is 0.0363. The van der Waals surface area contributed by atoms with Crippen molar-refractivity contribution in [3.8, 4) is 0 Å². The van der Waals surface area contributed by atoms with Gasteiger partial charge in [-0.25, -0.2) is 19.0 Å². The van der Waals surface area contributed by atoms with E-state index in [1.165, 1.54) is 36.4 Å². The summed E-state index contributed by atoms with van der Waals surface area (Å²) in [5.41, 5.74) is -1.39. The number of benzene rings is 1. The third kappa shape index (κ3) is 7.30. The van der Waals surface area contributed by atoms with Crippen molar-refractivity contribution in [3.63, 3.8) is 0 Å². The highest BCUT2D eigenvalue weighted by atomic mass is 35.5. The van der Waals surface area contributed by atoms with Gasteiger partial charge in [0.1, 0.15) is 28.5 Å². The first-order valence-electron chi connectivity index (χ1n) is 9.86. The molecule has 0 spiro atoms. The first-order valence-corrected chi connectivity index (χ1v) is 10.2. The lowest BCUT2D eigenvalue weighted by molar-refractivity contribution is 0.0428. The number of hydrogen-bond acceptors (Lipinski definition) is 6. The number of ketones is 1. The molecule has 1 heterocycles. The molecule has 0 fully saturated rings. The van der Waals surface area contributed by atoms with Gasteiger partial charge in [0.15, 0.2) is 5.78 Å². The minimum atomic E-state index is -1.02. The molecule has 0 unspecified atom stereocenters. The second-order valence-electron chi connectivity index (χ2n) is 9.02. The number of hydrogen-bond donors (Lipinski definition) is 0. The predicted molar refractivity (Wildman–Crippen MR) is 119 cm³/mol. The molecule has 0 saturated carbocycles. The Balaban J connectivity index is 2.42. The maximum Gasteiger partial charge on any atom is 0.425 e. The van der Waals surface area contributed by atoms with Crippen molar-refractivity contribution in [2.24, 2.45) is 0 Å². The fourth-order valence-electron chi connectivity index (χ4n) is 2.50. The van der Waals surface area contributed by atoms with Gasteiger partial charge in [0.05, 0.1) is 5.02 Å². The third-order valence-electron chi connectivity index (χ3n) is 3.75. The van der Waals surface area contributed by atoms with Gasteiger partial charge in [-0.05, 0) is 71.4 Å². The van der Waals surface area contributed by atoms with Gasteiger partial charge in [-0.3, -0.25) is 4.79 Å². The van der Waals surface area contributed by atoms with Gasteiger partial charge >= 0.3 is 12.2 Å². The lowest BCUT2D eigenvalue weighted by atomic mass is 10.1. The average Bonchev–Trinajstić information content (AvgIpc) is 2.62. The van der Waals surface area contributed by atoms with E-state index in [1.807, 2.05) is 0 Å². The molecule has 172 valence electrons. The maximum atomic E-state index is 13.1. The SMILES string of the molecule is CC(C)(C)OC(=O)N(C(=O)OC(C)(C)C)c1ccc(Cl)c(C(=O)Cc2ccc(F)cc2)n1. The van der Waals surface area contributed by atoms with Crippen LogP contribution in [-0.2, 0) is 15.9 Å². The van der Waals surface area contributed by atoms with Crippen LogP contribution in [-0.4, -0.2) is 34.2 Å². The van der Waals surface area contributed by atoms with Crippen molar-refractivity contribution in [2.45, 2.75) is 59.2 Å². The molecule has 0 atom stereocenters. The molecule has 0 N–H and O–H groups in total. The maximum absolute atomic E-state index is 13.1. The van der Waals surface area contributed by atoms with E-state index in [9.17, 15) is 18.8 Å². The van der Waals surface area contributed by atoms with E-state index in [1.54, 1.807) is 41.5 Å². The van der Waals surface area contributed by atoms with Crippen LogP contribution in [0, 0.1) is 5.82 Å². The van der Waals surface area contributed by atoms with Crippen molar-refractivity contribution in [2.75, 3.05) is 4.90 Å². The number of carbonyl (C=O) groups excluding carboxylic acids is 3. The van der Waals surface area contributed by atoms with Crippen LogP contribution < -0.4 is 4.90 Å². The molecule has 1 aromatic carbocycles. The number of Topliss-reactive ketones (excluding diaryl/α,β-unsaturated/α-hetero) is 1. The van der Waals surface area contributed by atoms with Crippen LogP contribution in [0.25, 0.3) is 0 Å². The Bertz CT molecular complexity index is 983. The summed E-state index contributed by atoms with van der Waals surface area (Å²) in [6, 6.07) is 8.08. The van der Waals surface area contributed by atoms with E-state index in [0.717, 1.165) is 0 Å². The molecule has 0 saturated heterocycles. The number of nitrogens with zero attached hydrogens (tertiary/aromatic N) is 2. The molecule has 9 heteroatoms. The largest absolute Gasteiger partial charge is 0.443 e. The van der Waals surface area contributed by atoms with Crippen LogP contribution in [0.1, 0.15) is 57.6 Å². The Morgan fingerprint density at radius 3 is 1.88 bits per heavy atom. The van der Waals surface area contributed by atoms with Crippen molar-refractivity contribution in [3.05, 3.63) is 58.5 Å². The van der Waals surface area contributed by atoms with Crippen LogP contribution >= 0.6 is 11.6 Å². The van der Waals surface area contributed by atoms with Crippen LogP contribution in [0.5, 0.6) is 0 Å². The number of carbonyl (C=O) groups is 3. The highest BCUT2D eigenvalue weighted by Crippen LogP contribution is 2.24. The second-order valence-corrected chi connectivity index (χ2v) is 9.43. The molecule has 0 bridgehead atoms. The van der Waals surface area contributed by atoms with Crippen molar-refractivity contribution in [1.29, 1.82) is 0 Å². The monoisotopic (exact) mass is 464 g/mol. The molecule has 1 aromatic heterocycles. The summed E-state index contributed by atoms with van der Waals surface area (Å²) in [6.07, 6.45) is -2.13. The van der Waals surface area contributed by atoms with Gasteiger partial charge in [0.25, 0.3) is 0 Å². The predicted octanol–water partition coefficient (Wildman–Crippen LogP) is 5.98. The molecule has 0 aliphatic heterocycles. The van der Waals surface area contributed by atoms with Crippen LogP contribution in [0.15, 0.2) is 36.4 Å². The van der Waals surface area contributed by atoms with Gasteiger partial charge in [-0.1, -0.05) is 23.7 Å². The average molecular weight is 465 g/mol. The number of aromatic nitrogens is 1. The smallest absolute Gasteiger partial charge is 0.425 e. The van der Waals surface area contributed by atoms with Gasteiger partial charge in [0.2, 0.25) is 0 Å². The molecule has 2 rings (SSSR count). The molecule has 2 aromatic rings. The zero-order valence-electron chi connectivity index (χ0n) is 18.9. The van der Waals surface area contributed by atoms with Gasteiger partial charge < -0.3 is 9.47 Å². The minimum absolute atomic E-state index is 0.0363. The summed E-state index contributed by atoms with van der Waals surface area (Å²) < 4.78 is 23.8. The Hall–Kier alpha value is -3.00. The lowest BCUT2D eigenvalue weighted by Gasteiger charge is -2.28. The molecule has 0 aliphatic rings. The molecule has 0 aliphatic carbocycles. The van der Waals surface area contributed by atoms with E-state index >= 15 is 0 Å². The van der Waals surface area contributed by atoms with Crippen molar-refractivity contribution in [1.82, 2.24) is 4.98 Å². The molecule has 7 nitrogen and oxygen atoms in total. The molecular formula is C23H26ClFN2O5.